The lowest BCUT2D eigenvalue weighted by atomic mass is 9.81. The first-order valence-electron chi connectivity index (χ1n) is 7.04. The number of nitrogens with one attached hydrogen (secondary N) is 1. The van der Waals surface area contributed by atoms with Crippen molar-refractivity contribution in [2.45, 2.75) is 30.6 Å². The molecule has 1 amide bonds. The minimum Gasteiger partial charge on any atom is -0.330 e. The van der Waals surface area contributed by atoms with Crippen molar-refractivity contribution in [2.24, 2.45) is 22.7 Å². The minimum absolute atomic E-state index is 0.00728. The van der Waals surface area contributed by atoms with Gasteiger partial charge >= 0.3 is 0 Å². The first-order valence-corrected chi connectivity index (χ1v) is 8.58. The predicted octanol–water partition coefficient (Wildman–Crippen LogP) is 1.04. The number of benzene rings is 1. The van der Waals surface area contributed by atoms with E-state index < -0.39 is 10.0 Å². The van der Waals surface area contributed by atoms with E-state index in [-0.39, 0.29) is 16.7 Å². The molecule has 7 heteroatoms. The molecule has 0 aromatic heterocycles. The lowest BCUT2D eigenvalue weighted by Gasteiger charge is -2.26. The number of hydrogen-bond donors (Lipinski definition) is 3. The third-order valence-electron chi connectivity index (χ3n) is 3.98. The number of hydrogen-bond acceptors (Lipinski definition) is 4. The summed E-state index contributed by atoms with van der Waals surface area (Å²) in [6, 6.07) is 5.98. The molecule has 21 heavy (non-hydrogen) atoms. The van der Waals surface area contributed by atoms with Gasteiger partial charge in [-0.15, -0.1) is 0 Å². The van der Waals surface area contributed by atoms with Crippen LogP contribution in [-0.2, 0) is 14.8 Å². The lowest BCUT2D eigenvalue weighted by Crippen LogP contribution is -2.29. The molecule has 1 fully saturated rings. The molecular weight excluding hydrogens is 290 g/mol. The molecule has 1 aliphatic carbocycles. The van der Waals surface area contributed by atoms with Gasteiger partial charge in [0.25, 0.3) is 0 Å². The van der Waals surface area contributed by atoms with Crippen molar-refractivity contribution in [3.63, 3.8) is 0 Å². The second-order valence-corrected chi connectivity index (χ2v) is 7.08. The van der Waals surface area contributed by atoms with Crippen LogP contribution in [0.1, 0.15) is 25.7 Å². The van der Waals surface area contributed by atoms with Crippen molar-refractivity contribution in [1.82, 2.24) is 0 Å². The fraction of sp³-hybridized carbons (Fsp3) is 0.500. The summed E-state index contributed by atoms with van der Waals surface area (Å²) in [7, 11) is -3.76. The number of rotatable bonds is 4. The van der Waals surface area contributed by atoms with Crippen LogP contribution in [0, 0.1) is 11.8 Å². The summed E-state index contributed by atoms with van der Waals surface area (Å²) in [5.41, 5.74) is 6.09. The topological polar surface area (TPSA) is 115 Å². The lowest BCUT2D eigenvalue weighted by molar-refractivity contribution is -0.121. The molecule has 0 radical (unpaired) electrons. The van der Waals surface area contributed by atoms with Crippen LogP contribution in [0.4, 0.5) is 5.69 Å². The van der Waals surface area contributed by atoms with Crippen molar-refractivity contribution < 1.29 is 13.2 Å². The molecule has 0 spiro atoms. The average Bonchev–Trinajstić information content (AvgIpc) is 2.47. The van der Waals surface area contributed by atoms with E-state index in [2.05, 4.69) is 5.32 Å². The molecule has 1 aromatic carbocycles. The second kappa shape index (κ2) is 6.55. The van der Waals surface area contributed by atoms with Gasteiger partial charge in [0.2, 0.25) is 15.9 Å². The van der Waals surface area contributed by atoms with Crippen molar-refractivity contribution in [1.29, 1.82) is 0 Å². The molecule has 1 aliphatic rings. The van der Waals surface area contributed by atoms with Crippen molar-refractivity contribution in [3.8, 4) is 0 Å². The van der Waals surface area contributed by atoms with Crippen LogP contribution in [0.2, 0.25) is 0 Å². The molecule has 2 rings (SSSR count). The Labute approximate surface area is 124 Å². The Kier molecular flexibility index (Phi) is 4.97. The van der Waals surface area contributed by atoms with Gasteiger partial charge in [0.05, 0.1) is 4.90 Å². The SMILES string of the molecule is NCC1CCC(C(=O)Nc2cccc(S(N)(=O)=O)c2)CC1. The third kappa shape index (κ3) is 4.26. The molecule has 0 heterocycles. The molecule has 0 atom stereocenters. The van der Waals surface area contributed by atoms with Gasteiger partial charge in [0.15, 0.2) is 0 Å². The molecule has 0 aliphatic heterocycles. The highest BCUT2D eigenvalue weighted by Gasteiger charge is 2.25. The predicted molar refractivity (Wildman–Crippen MR) is 80.9 cm³/mol. The second-order valence-electron chi connectivity index (χ2n) is 5.52. The summed E-state index contributed by atoms with van der Waals surface area (Å²) in [5.74, 6) is 0.405. The number of nitrogens with two attached hydrogens (primary N) is 2. The summed E-state index contributed by atoms with van der Waals surface area (Å²) in [6.45, 7) is 0.671. The van der Waals surface area contributed by atoms with Crippen LogP contribution >= 0.6 is 0 Å². The van der Waals surface area contributed by atoms with Crippen LogP contribution < -0.4 is 16.2 Å². The Bertz CT molecular complexity index is 608. The molecule has 0 saturated heterocycles. The Morgan fingerprint density at radius 1 is 1.24 bits per heavy atom. The quantitative estimate of drug-likeness (QED) is 0.770. The highest BCUT2D eigenvalue weighted by atomic mass is 32.2. The number of carbonyl (C=O) groups is 1. The van der Waals surface area contributed by atoms with Crippen LogP contribution in [0.3, 0.4) is 0 Å². The van der Waals surface area contributed by atoms with E-state index in [1.54, 1.807) is 12.1 Å². The van der Waals surface area contributed by atoms with Crippen molar-refractivity contribution in [2.75, 3.05) is 11.9 Å². The van der Waals surface area contributed by atoms with Crippen LogP contribution in [-0.4, -0.2) is 20.9 Å². The third-order valence-corrected chi connectivity index (χ3v) is 4.89. The fourth-order valence-electron chi connectivity index (χ4n) is 2.66. The van der Waals surface area contributed by atoms with Gasteiger partial charge in [0.1, 0.15) is 0 Å². The molecule has 6 nitrogen and oxygen atoms in total. The Morgan fingerprint density at radius 3 is 2.48 bits per heavy atom. The molecule has 0 unspecified atom stereocenters. The number of sulfonamides is 1. The van der Waals surface area contributed by atoms with E-state index in [0.717, 1.165) is 25.7 Å². The highest BCUT2D eigenvalue weighted by Crippen LogP contribution is 2.29. The van der Waals surface area contributed by atoms with Gasteiger partial charge in [-0.25, -0.2) is 13.6 Å². The van der Waals surface area contributed by atoms with E-state index in [9.17, 15) is 13.2 Å². The van der Waals surface area contributed by atoms with E-state index in [0.29, 0.717) is 18.2 Å². The Balaban J connectivity index is 2.00. The summed E-state index contributed by atoms with van der Waals surface area (Å²) >= 11 is 0. The average molecular weight is 311 g/mol. The number of anilines is 1. The standard InChI is InChI=1S/C14H21N3O3S/c15-9-10-4-6-11(7-5-10)14(18)17-12-2-1-3-13(8-12)21(16,19)20/h1-3,8,10-11H,4-7,9,15H2,(H,17,18)(H2,16,19,20). The maximum absolute atomic E-state index is 12.2. The Hall–Kier alpha value is -1.44. The van der Waals surface area contributed by atoms with Gasteiger partial charge in [-0.2, -0.15) is 0 Å². The van der Waals surface area contributed by atoms with E-state index in [4.69, 9.17) is 10.9 Å². The summed E-state index contributed by atoms with van der Waals surface area (Å²) < 4.78 is 22.6. The maximum atomic E-state index is 12.2. The van der Waals surface area contributed by atoms with Gasteiger partial charge in [-0.05, 0) is 56.3 Å². The summed E-state index contributed by atoms with van der Waals surface area (Å²) in [4.78, 5) is 12.2. The monoisotopic (exact) mass is 311 g/mol. The fourth-order valence-corrected chi connectivity index (χ4v) is 3.21. The zero-order chi connectivity index (χ0) is 15.5. The molecule has 1 saturated carbocycles. The molecule has 0 bridgehead atoms. The first kappa shape index (κ1) is 15.9. The molecule has 116 valence electrons. The summed E-state index contributed by atoms with van der Waals surface area (Å²) in [5, 5.41) is 7.84. The zero-order valence-electron chi connectivity index (χ0n) is 11.8. The van der Waals surface area contributed by atoms with Gasteiger partial charge in [-0.1, -0.05) is 6.07 Å². The smallest absolute Gasteiger partial charge is 0.238 e. The van der Waals surface area contributed by atoms with Crippen molar-refractivity contribution in [3.05, 3.63) is 24.3 Å². The maximum Gasteiger partial charge on any atom is 0.238 e. The number of carbonyl (C=O) groups excluding carboxylic acids is 1. The van der Waals surface area contributed by atoms with Crippen molar-refractivity contribution >= 4 is 21.6 Å². The summed E-state index contributed by atoms with van der Waals surface area (Å²) in [6.07, 6.45) is 3.57. The molecule has 1 aromatic rings. The van der Waals surface area contributed by atoms with Crippen LogP contribution in [0.25, 0.3) is 0 Å². The Morgan fingerprint density at radius 2 is 1.90 bits per heavy atom. The van der Waals surface area contributed by atoms with Gasteiger partial charge < -0.3 is 11.1 Å². The van der Waals surface area contributed by atoms with Gasteiger partial charge in [-0.3, -0.25) is 4.79 Å². The first-order chi connectivity index (χ1) is 9.90. The zero-order valence-corrected chi connectivity index (χ0v) is 12.6. The van der Waals surface area contributed by atoms with E-state index >= 15 is 0 Å². The van der Waals surface area contributed by atoms with E-state index in [1.807, 2.05) is 0 Å². The largest absolute Gasteiger partial charge is 0.330 e. The molecular formula is C14H21N3O3S. The van der Waals surface area contributed by atoms with Crippen LogP contribution in [0.15, 0.2) is 29.2 Å². The minimum atomic E-state index is -3.76. The van der Waals surface area contributed by atoms with E-state index in [1.165, 1.54) is 12.1 Å². The van der Waals surface area contributed by atoms with Gasteiger partial charge in [0, 0.05) is 11.6 Å². The normalized spacial score (nSPS) is 22.8. The molecule has 5 N–H and O–H groups in total. The highest BCUT2D eigenvalue weighted by molar-refractivity contribution is 7.89. The number of amides is 1. The number of primary sulfonamides is 1. The van der Waals surface area contributed by atoms with Crippen LogP contribution in [0.5, 0.6) is 0 Å².